The minimum Gasteiger partial charge on any atom is -0.497 e. The van der Waals surface area contributed by atoms with Crippen LogP contribution in [0.3, 0.4) is 0 Å². The number of hydrogen-bond donors (Lipinski definition) is 1. The Morgan fingerprint density at radius 1 is 1.14 bits per heavy atom. The molecule has 1 saturated heterocycles. The summed E-state index contributed by atoms with van der Waals surface area (Å²) < 4.78 is 11.0. The zero-order chi connectivity index (χ0) is 20.0. The van der Waals surface area contributed by atoms with Crippen molar-refractivity contribution in [1.82, 2.24) is 4.90 Å². The molecule has 5 nitrogen and oxygen atoms in total. The van der Waals surface area contributed by atoms with Gasteiger partial charge in [-0.3, -0.25) is 4.79 Å². The van der Waals surface area contributed by atoms with E-state index in [1.165, 1.54) is 0 Å². The van der Waals surface area contributed by atoms with Crippen LogP contribution in [0.15, 0.2) is 48.5 Å². The SMILES string of the molecule is COc1cccc(CC(=O)N2CCCC(O)(COc3cccc(Cl)c3)CC2)c1. The Morgan fingerprint density at radius 2 is 1.93 bits per heavy atom. The molecule has 0 saturated carbocycles. The summed E-state index contributed by atoms with van der Waals surface area (Å²) in [5.41, 5.74) is -0.0269. The first kappa shape index (κ1) is 20.5. The number of rotatable bonds is 6. The van der Waals surface area contributed by atoms with Crippen LogP contribution in [-0.2, 0) is 11.2 Å². The molecule has 2 aromatic rings. The molecule has 3 rings (SSSR count). The van der Waals surface area contributed by atoms with Crippen LogP contribution in [0.2, 0.25) is 5.02 Å². The highest BCUT2D eigenvalue weighted by Crippen LogP contribution is 2.25. The van der Waals surface area contributed by atoms with Crippen LogP contribution in [-0.4, -0.2) is 48.3 Å². The predicted molar refractivity (Wildman–Crippen MR) is 109 cm³/mol. The van der Waals surface area contributed by atoms with E-state index in [1.807, 2.05) is 41.3 Å². The Balaban J connectivity index is 1.55. The third kappa shape index (κ3) is 5.63. The number of carbonyl (C=O) groups excluding carboxylic acids is 1. The number of aliphatic hydroxyl groups is 1. The number of carbonyl (C=O) groups is 1. The summed E-state index contributed by atoms with van der Waals surface area (Å²) in [6, 6.07) is 14.7. The predicted octanol–water partition coefficient (Wildman–Crippen LogP) is 3.71. The van der Waals surface area contributed by atoms with Crippen LogP contribution in [0.5, 0.6) is 11.5 Å². The maximum absolute atomic E-state index is 12.7. The van der Waals surface area contributed by atoms with Crippen molar-refractivity contribution in [2.75, 3.05) is 26.8 Å². The lowest BCUT2D eigenvalue weighted by molar-refractivity contribution is -0.130. The van der Waals surface area contributed by atoms with E-state index in [1.54, 1.807) is 19.2 Å². The summed E-state index contributed by atoms with van der Waals surface area (Å²) in [5.74, 6) is 1.44. The van der Waals surface area contributed by atoms with Gasteiger partial charge in [-0.25, -0.2) is 0 Å². The minimum atomic E-state index is -0.951. The van der Waals surface area contributed by atoms with Crippen molar-refractivity contribution in [1.29, 1.82) is 0 Å². The molecule has 0 bridgehead atoms. The second-order valence-electron chi connectivity index (χ2n) is 7.23. The molecule has 150 valence electrons. The van der Waals surface area contributed by atoms with Crippen LogP contribution in [0.1, 0.15) is 24.8 Å². The van der Waals surface area contributed by atoms with Crippen molar-refractivity contribution in [3.8, 4) is 11.5 Å². The molecule has 0 aliphatic carbocycles. The first-order chi connectivity index (χ1) is 13.5. The number of methoxy groups -OCH3 is 1. The fourth-order valence-corrected chi connectivity index (χ4v) is 3.60. The van der Waals surface area contributed by atoms with Gasteiger partial charge >= 0.3 is 0 Å². The molecule has 1 unspecified atom stereocenters. The van der Waals surface area contributed by atoms with E-state index in [0.717, 1.165) is 17.7 Å². The van der Waals surface area contributed by atoms with Gasteiger partial charge in [-0.2, -0.15) is 0 Å². The fourth-order valence-electron chi connectivity index (χ4n) is 3.42. The number of amides is 1. The minimum absolute atomic E-state index is 0.0632. The first-order valence-electron chi connectivity index (χ1n) is 9.49. The maximum atomic E-state index is 12.7. The molecule has 1 aliphatic rings. The Bertz CT molecular complexity index is 813. The van der Waals surface area contributed by atoms with Crippen molar-refractivity contribution in [3.05, 3.63) is 59.1 Å². The van der Waals surface area contributed by atoms with E-state index in [4.69, 9.17) is 21.1 Å². The Kier molecular flexibility index (Phi) is 6.81. The molecule has 28 heavy (non-hydrogen) atoms. The number of hydrogen-bond acceptors (Lipinski definition) is 4. The first-order valence-corrected chi connectivity index (χ1v) is 9.87. The standard InChI is InChI=1S/C22H26ClNO4/c1-27-19-7-2-5-17(13-19)14-21(25)24-11-4-9-22(26,10-12-24)16-28-20-8-3-6-18(23)15-20/h2-3,5-8,13,15,26H,4,9-12,14,16H2,1H3. The van der Waals surface area contributed by atoms with Gasteiger partial charge in [0.25, 0.3) is 0 Å². The van der Waals surface area contributed by atoms with Crippen LogP contribution in [0.25, 0.3) is 0 Å². The highest BCUT2D eigenvalue weighted by molar-refractivity contribution is 6.30. The molecule has 1 heterocycles. The van der Waals surface area contributed by atoms with Crippen molar-refractivity contribution < 1.29 is 19.4 Å². The average Bonchev–Trinajstić information content (AvgIpc) is 2.89. The number of ether oxygens (including phenoxy) is 2. The van der Waals surface area contributed by atoms with Crippen LogP contribution >= 0.6 is 11.6 Å². The van der Waals surface area contributed by atoms with Crippen molar-refractivity contribution in [2.24, 2.45) is 0 Å². The Labute approximate surface area is 170 Å². The average molecular weight is 404 g/mol. The van der Waals surface area contributed by atoms with Gasteiger partial charge in [-0.1, -0.05) is 29.8 Å². The maximum Gasteiger partial charge on any atom is 0.226 e. The topological polar surface area (TPSA) is 59.0 Å². The largest absolute Gasteiger partial charge is 0.497 e. The van der Waals surface area contributed by atoms with Gasteiger partial charge in [-0.05, 0) is 55.2 Å². The molecule has 1 amide bonds. The van der Waals surface area contributed by atoms with Gasteiger partial charge in [0.1, 0.15) is 23.7 Å². The van der Waals surface area contributed by atoms with E-state index in [-0.39, 0.29) is 12.5 Å². The van der Waals surface area contributed by atoms with Gasteiger partial charge in [0.2, 0.25) is 5.91 Å². The van der Waals surface area contributed by atoms with Gasteiger partial charge < -0.3 is 19.5 Å². The summed E-state index contributed by atoms with van der Waals surface area (Å²) in [6.45, 7) is 1.34. The van der Waals surface area contributed by atoms with E-state index in [2.05, 4.69) is 0 Å². The monoisotopic (exact) mass is 403 g/mol. The van der Waals surface area contributed by atoms with E-state index in [0.29, 0.717) is 43.1 Å². The molecule has 1 atom stereocenters. The lowest BCUT2D eigenvalue weighted by Gasteiger charge is -2.27. The van der Waals surface area contributed by atoms with Gasteiger partial charge in [-0.15, -0.1) is 0 Å². The van der Waals surface area contributed by atoms with Gasteiger partial charge in [0, 0.05) is 18.1 Å². The Morgan fingerprint density at radius 3 is 2.71 bits per heavy atom. The number of benzene rings is 2. The zero-order valence-electron chi connectivity index (χ0n) is 16.1. The molecule has 2 aromatic carbocycles. The fraction of sp³-hybridized carbons (Fsp3) is 0.409. The van der Waals surface area contributed by atoms with Gasteiger partial charge in [0.05, 0.1) is 13.5 Å². The molecular formula is C22H26ClNO4. The van der Waals surface area contributed by atoms with Crippen LogP contribution < -0.4 is 9.47 Å². The molecule has 0 aromatic heterocycles. The summed E-state index contributed by atoms with van der Waals surface area (Å²) in [6.07, 6.45) is 2.14. The highest BCUT2D eigenvalue weighted by Gasteiger charge is 2.32. The smallest absolute Gasteiger partial charge is 0.226 e. The molecule has 1 N–H and O–H groups in total. The van der Waals surface area contributed by atoms with Crippen LogP contribution in [0, 0.1) is 0 Å². The molecule has 1 fully saturated rings. The molecule has 0 radical (unpaired) electrons. The van der Waals surface area contributed by atoms with Gasteiger partial charge in [0.15, 0.2) is 0 Å². The number of likely N-dealkylation sites (tertiary alicyclic amines) is 1. The number of halogens is 1. The second-order valence-corrected chi connectivity index (χ2v) is 7.67. The molecule has 0 spiro atoms. The van der Waals surface area contributed by atoms with E-state index < -0.39 is 5.60 Å². The third-order valence-electron chi connectivity index (χ3n) is 5.06. The van der Waals surface area contributed by atoms with E-state index in [9.17, 15) is 9.90 Å². The molecular weight excluding hydrogens is 378 g/mol. The summed E-state index contributed by atoms with van der Waals surface area (Å²) in [5, 5.41) is 11.5. The summed E-state index contributed by atoms with van der Waals surface area (Å²) in [4.78, 5) is 14.5. The Hall–Kier alpha value is -2.24. The van der Waals surface area contributed by atoms with Crippen molar-refractivity contribution in [2.45, 2.75) is 31.3 Å². The molecule has 6 heteroatoms. The quantitative estimate of drug-likeness (QED) is 0.798. The van der Waals surface area contributed by atoms with Crippen LogP contribution in [0.4, 0.5) is 0 Å². The normalized spacial score (nSPS) is 19.8. The highest BCUT2D eigenvalue weighted by atomic mass is 35.5. The van der Waals surface area contributed by atoms with Crippen molar-refractivity contribution in [3.63, 3.8) is 0 Å². The third-order valence-corrected chi connectivity index (χ3v) is 5.30. The lowest BCUT2D eigenvalue weighted by Crippen LogP contribution is -2.38. The molecule has 1 aliphatic heterocycles. The summed E-state index contributed by atoms with van der Waals surface area (Å²) >= 11 is 5.97. The lowest BCUT2D eigenvalue weighted by atomic mass is 9.96. The zero-order valence-corrected chi connectivity index (χ0v) is 16.8. The number of nitrogens with zero attached hydrogens (tertiary/aromatic N) is 1. The van der Waals surface area contributed by atoms with Crippen molar-refractivity contribution >= 4 is 17.5 Å². The second kappa shape index (κ2) is 9.30. The van der Waals surface area contributed by atoms with E-state index >= 15 is 0 Å². The summed E-state index contributed by atoms with van der Waals surface area (Å²) in [7, 11) is 1.61.